The third-order valence-corrected chi connectivity index (χ3v) is 4.69. The standard InChI is InChI=1S/C12H13BrN2S/c13-9-3-4-10-11(6-9)16-12(15-10)8-2-1-5-14-7-8/h3-4,6,8,14H,1-2,5,7H2. The van der Waals surface area contributed by atoms with Crippen LogP contribution < -0.4 is 5.32 Å². The lowest BCUT2D eigenvalue weighted by Gasteiger charge is -2.20. The maximum absolute atomic E-state index is 4.74. The highest BCUT2D eigenvalue weighted by Gasteiger charge is 2.18. The number of aromatic nitrogens is 1. The molecule has 0 spiro atoms. The van der Waals surface area contributed by atoms with Gasteiger partial charge in [0.2, 0.25) is 0 Å². The van der Waals surface area contributed by atoms with E-state index in [4.69, 9.17) is 4.98 Å². The van der Waals surface area contributed by atoms with Crippen LogP contribution >= 0.6 is 27.3 Å². The molecule has 1 fully saturated rings. The van der Waals surface area contributed by atoms with Crippen LogP contribution in [-0.4, -0.2) is 18.1 Å². The average Bonchev–Trinajstić information content (AvgIpc) is 2.73. The maximum atomic E-state index is 4.74. The summed E-state index contributed by atoms with van der Waals surface area (Å²) < 4.78 is 2.42. The Bertz CT molecular complexity index is 503. The fraction of sp³-hybridized carbons (Fsp3) is 0.417. The highest BCUT2D eigenvalue weighted by Crippen LogP contribution is 2.32. The topological polar surface area (TPSA) is 24.9 Å². The van der Waals surface area contributed by atoms with Crippen LogP contribution in [0, 0.1) is 0 Å². The molecule has 16 heavy (non-hydrogen) atoms. The van der Waals surface area contributed by atoms with E-state index in [-0.39, 0.29) is 0 Å². The molecule has 1 atom stereocenters. The second-order valence-electron chi connectivity index (χ2n) is 4.21. The molecular weight excluding hydrogens is 284 g/mol. The van der Waals surface area contributed by atoms with Crippen molar-refractivity contribution in [3.8, 4) is 0 Å². The van der Waals surface area contributed by atoms with Crippen molar-refractivity contribution in [2.75, 3.05) is 13.1 Å². The normalized spacial score (nSPS) is 21.4. The second kappa shape index (κ2) is 4.43. The summed E-state index contributed by atoms with van der Waals surface area (Å²) in [6.45, 7) is 2.24. The summed E-state index contributed by atoms with van der Waals surface area (Å²) in [5.74, 6) is 0.616. The molecule has 0 aliphatic carbocycles. The number of halogens is 1. The molecule has 1 aromatic carbocycles. The molecule has 3 rings (SSSR count). The first-order valence-corrected chi connectivity index (χ1v) is 7.20. The molecule has 4 heteroatoms. The molecule has 2 heterocycles. The van der Waals surface area contributed by atoms with Gasteiger partial charge in [0.05, 0.1) is 15.2 Å². The molecule has 1 aliphatic rings. The lowest BCUT2D eigenvalue weighted by molar-refractivity contribution is 0.461. The van der Waals surface area contributed by atoms with E-state index < -0.39 is 0 Å². The monoisotopic (exact) mass is 296 g/mol. The van der Waals surface area contributed by atoms with E-state index >= 15 is 0 Å². The summed E-state index contributed by atoms with van der Waals surface area (Å²) in [5.41, 5.74) is 1.13. The van der Waals surface area contributed by atoms with Crippen molar-refractivity contribution in [1.82, 2.24) is 10.3 Å². The van der Waals surface area contributed by atoms with Crippen molar-refractivity contribution in [2.45, 2.75) is 18.8 Å². The number of nitrogens with zero attached hydrogens (tertiary/aromatic N) is 1. The fourth-order valence-electron chi connectivity index (χ4n) is 2.15. The Morgan fingerprint density at radius 3 is 3.19 bits per heavy atom. The highest BCUT2D eigenvalue weighted by atomic mass is 79.9. The zero-order valence-corrected chi connectivity index (χ0v) is 11.3. The first-order valence-electron chi connectivity index (χ1n) is 5.59. The van der Waals surface area contributed by atoms with Gasteiger partial charge in [-0.1, -0.05) is 15.9 Å². The Balaban J connectivity index is 1.97. The van der Waals surface area contributed by atoms with Crippen molar-refractivity contribution in [2.24, 2.45) is 0 Å². The van der Waals surface area contributed by atoms with Gasteiger partial charge in [0.25, 0.3) is 0 Å². The van der Waals surface area contributed by atoms with Crippen LogP contribution in [-0.2, 0) is 0 Å². The first-order chi connectivity index (χ1) is 7.83. The van der Waals surface area contributed by atoms with Crippen molar-refractivity contribution in [3.05, 3.63) is 27.7 Å². The third-order valence-electron chi connectivity index (χ3n) is 3.01. The number of rotatable bonds is 1. The number of hydrogen-bond donors (Lipinski definition) is 1. The van der Waals surface area contributed by atoms with E-state index in [2.05, 4.69) is 39.4 Å². The van der Waals surface area contributed by atoms with Crippen LogP contribution in [0.4, 0.5) is 0 Å². The predicted molar refractivity (Wildman–Crippen MR) is 72.2 cm³/mol. The highest BCUT2D eigenvalue weighted by molar-refractivity contribution is 9.10. The van der Waals surface area contributed by atoms with Crippen molar-refractivity contribution < 1.29 is 0 Å². The van der Waals surface area contributed by atoms with E-state index in [0.717, 1.165) is 23.1 Å². The van der Waals surface area contributed by atoms with Gasteiger partial charge < -0.3 is 5.32 Å². The molecule has 1 aromatic heterocycles. The van der Waals surface area contributed by atoms with Crippen molar-refractivity contribution in [3.63, 3.8) is 0 Å². The number of thiazole rings is 1. The molecule has 1 unspecified atom stereocenters. The second-order valence-corrected chi connectivity index (χ2v) is 6.19. The van der Waals surface area contributed by atoms with Crippen molar-refractivity contribution in [1.29, 1.82) is 0 Å². The van der Waals surface area contributed by atoms with Crippen LogP contribution in [0.3, 0.4) is 0 Å². The van der Waals surface area contributed by atoms with Crippen LogP contribution in [0.25, 0.3) is 10.2 Å². The predicted octanol–water partition coefficient (Wildman–Crippen LogP) is 3.53. The Labute approximate surface area is 107 Å². The summed E-state index contributed by atoms with van der Waals surface area (Å²) in [6, 6.07) is 6.31. The number of piperidine rings is 1. The van der Waals surface area contributed by atoms with Gasteiger partial charge in [-0.3, -0.25) is 0 Å². The minimum absolute atomic E-state index is 0.616. The van der Waals surface area contributed by atoms with E-state index in [0.29, 0.717) is 5.92 Å². The lowest BCUT2D eigenvalue weighted by Crippen LogP contribution is -2.28. The van der Waals surface area contributed by atoms with Crippen LogP contribution in [0.5, 0.6) is 0 Å². The molecule has 1 saturated heterocycles. The Hall–Kier alpha value is -0.450. The minimum Gasteiger partial charge on any atom is -0.316 e. The molecule has 0 saturated carbocycles. The SMILES string of the molecule is Brc1ccc2nc(C3CCCNC3)sc2c1. The Morgan fingerprint density at radius 1 is 1.44 bits per heavy atom. The van der Waals surface area contributed by atoms with E-state index in [1.807, 2.05) is 11.3 Å². The number of nitrogens with one attached hydrogen (secondary N) is 1. The summed E-state index contributed by atoms with van der Waals surface area (Å²) in [6.07, 6.45) is 2.54. The van der Waals surface area contributed by atoms with Gasteiger partial charge in [0.1, 0.15) is 0 Å². The van der Waals surface area contributed by atoms with Crippen LogP contribution in [0.15, 0.2) is 22.7 Å². The molecule has 1 aliphatic heterocycles. The largest absolute Gasteiger partial charge is 0.316 e. The molecule has 84 valence electrons. The minimum atomic E-state index is 0.616. The summed E-state index contributed by atoms with van der Waals surface area (Å²) in [7, 11) is 0. The molecule has 2 nitrogen and oxygen atoms in total. The quantitative estimate of drug-likeness (QED) is 0.871. The summed E-state index contributed by atoms with van der Waals surface area (Å²) >= 11 is 5.34. The Kier molecular flexibility index (Phi) is 2.96. The molecular formula is C12H13BrN2S. The Morgan fingerprint density at radius 2 is 2.38 bits per heavy atom. The van der Waals surface area contributed by atoms with Gasteiger partial charge in [0, 0.05) is 16.9 Å². The van der Waals surface area contributed by atoms with E-state index in [1.165, 1.54) is 22.5 Å². The van der Waals surface area contributed by atoms with Gasteiger partial charge in [-0.25, -0.2) is 4.98 Å². The first kappa shape index (κ1) is 10.7. The van der Waals surface area contributed by atoms with Gasteiger partial charge in [-0.05, 0) is 37.6 Å². The molecule has 0 bridgehead atoms. The van der Waals surface area contributed by atoms with Gasteiger partial charge >= 0.3 is 0 Å². The summed E-state index contributed by atoms with van der Waals surface area (Å²) in [4.78, 5) is 4.74. The van der Waals surface area contributed by atoms with E-state index in [9.17, 15) is 0 Å². The lowest BCUT2D eigenvalue weighted by atomic mass is 10.0. The smallest absolute Gasteiger partial charge is 0.0982 e. The van der Waals surface area contributed by atoms with Crippen LogP contribution in [0.2, 0.25) is 0 Å². The van der Waals surface area contributed by atoms with Crippen LogP contribution in [0.1, 0.15) is 23.8 Å². The van der Waals surface area contributed by atoms with Gasteiger partial charge in [-0.2, -0.15) is 0 Å². The molecule has 2 aromatic rings. The number of hydrogen-bond acceptors (Lipinski definition) is 3. The third kappa shape index (κ3) is 2.01. The number of fused-ring (bicyclic) bond motifs is 1. The molecule has 0 radical (unpaired) electrons. The zero-order valence-electron chi connectivity index (χ0n) is 8.87. The number of benzene rings is 1. The maximum Gasteiger partial charge on any atom is 0.0982 e. The average molecular weight is 297 g/mol. The van der Waals surface area contributed by atoms with Gasteiger partial charge in [-0.15, -0.1) is 11.3 Å². The van der Waals surface area contributed by atoms with Gasteiger partial charge in [0.15, 0.2) is 0 Å². The fourth-order valence-corrected chi connectivity index (χ4v) is 3.81. The van der Waals surface area contributed by atoms with E-state index in [1.54, 1.807) is 0 Å². The summed E-state index contributed by atoms with van der Waals surface area (Å²) in [5, 5.41) is 4.74. The molecule has 0 amide bonds. The zero-order chi connectivity index (χ0) is 11.0. The van der Waals surface area contributed by atoms with Crippen molar-refractivity contribution >= 4 is 37.5 Å². The molecule has 1 N–H and O–H groups in total.